The van der Waals surface area contributed by atoms with Gasteiger partial charge in [-0.1, -0.05) is 23.7 Å². The topological polar surface area (TPSA) is 60.9 Å². The predicted molar refractivity (Wildman–Crippen MR) is 85.3 cm³/mol. The van der Waals surface area contributed by atoms with E-state index in [2.05, 4.69) is 0 Å². The van der Waals surface area contributed by atoms with Gasteiger partial charge in [0, 0.05) is 37.3 Å². The highest BCUT2D eigenvalue weighted by Crippen LogP contribution is 2.11. The molecule has 1 aromatic carbocycles. The zero-order valence-corrected chi connectivity index (χ0v) is 13.2. The van der Waals surface area contributed by atoms with Crippen LogP contribution in [0.3, 0.4) is 0 Å². The summed E-state index contributed by atoms with van der Waals surface area (Å²) in [4.78, 5) is 27.0. The van der Waals surface area contributed by atoms with Crippen LogP contribution in [-0.4, -0.2) is 59.0 Å². The summed E-state index contributed by atoms with van der Waals surface area (Å²) >= 11 is 5.81. The van der Waals surface area contributed by atoms with Crippen LogP contribution in [0.1, 0.15) is 12.5 Å². The smallest absolute Gasteiger partial charge is 0.251 e. The summed E-state index contributed by atoms with van der Waals surface area (Å²) in [6, 6.07) is 7.22. The number of piperazine rings is 1. The van der Waals surface area contributed by atoms with Crippen LogP contribution in [0.5, 0.6) is 0 Å². The Bertz CT molecular complexity index is 561. The number of rotatable bonds is 3. The van der Waals surface area contributed by atoms with Gasteiger partial charge in [0.1, 0.15) is 6.10 Å². The van der Waals surface area contributed by atoms with Crippen molar-refractivity contribution >= 4 is 29.5 Å². The van der Waals surface area contributed by atoms with E-state index in [0.29, 0.717) is 31.2 Å². The first-order valence-electron chi connectivity index (χ1n) is 7.17. The van der Waals surface area contributed by atoms with Crippen molar-refractivity contribution < 1.29 is 14.7 Å². The van der Waals surface area contributed by atoms with Gasteiger partial charge in [-0.05, 0) is 30.7 Å². The number of benzene rings is 1. The zero-order chi connectivity index (χ0) is 16.1. The summed E-state index contributed by atoms with van der Waals surface area (Å²) in [6.07, 6.45) is 2.27. The molecule has 0 radical (unpaired) electrons. The van der Waals surface area contributed by atoms with E-state index in [9.17, 15) is 14.7 Å². The average Bonchev–Trinajstić information content (AvgIpc) is 2.53. The second-order valence-corrected chi connectivity index (χ2v) is 5.65. The summed E-state index contributed by atoms with van der Waals surface area (Å²) in [5, 5.41) is 9.94. The molecule has 6 heteroatoms. The number of hydrogen-bond donors (Lipinski definition) is 1. The van der Waals surface area contributed by atoms with E-state index in [1.165, 1.54) is 13.0 Å². The Morgan fingerprint density at radius 2 is 1.68 bits per heavy atom. The molecule has 1 aromatic rings. The van der Waals surface area contributed by atoms with Crippen molar-refractivity contribution in [1.82, 2.24) is 9.80 Å². The highest BCUT2D eigenvalue weighted by Gasteiger charge is 2.25. The van der Waals surface area contributed by atoms with Crippen molar-refractivity contribution in [1.29, 1.82) is 0 Å². The van der Waals surface area contributed by atoms with Gasteiger partial charge in [0.25, 0.3) is 5.91 Å². The maximum absolute atomic E-state index is 12.1. The quantitative estimate of drug-likeness (QED) is 0.856. The minimum atomic E-state index is -0.993. The fourth-order valence-corrected chi connectivity index (χ4v) is 2.38. The molecule has 0 aromatic heterocycles. The Kier molecular flexibility index (Phi) is 5.57. The number of aliphatic hydroxyl groups is 1. The molecule has 1 fully saturated rings. The van der Waals surface area contributed by atoms with E-state index < -0.39 is 6.10 Å². The fraction of sp³-hybridized carbons (Fsp3) is 0.375. The molecule has 0 spiro atoms. The van der Waals surface area contributed by atoms with Gasteiger partial charge in [-0.3, -0.25) is 9.59 Å². The third kappa shape index (κ3) is 4.32. The molecule has 1 aliphatic rings. The van der Waals surface area contributed by atoms with Crippen LogP contribution in [0.25, 0.3) is 6.08 Å². The Balaban J connectivity index is 1.87. The molecular weight excluding hydrogens is 304 g/mol. The number of carbonyl (C=O) groups excluding carboxylic acids is 2. The molecule has 0 bridgehead atoms. The summed E-state index contributed by atoms with van der Waals surface area (Å²) in [5.41, 5.74) is 0.903. The Morgan fingerprint density at radius 3 is 2.23 bits per heavy atom. The highest BCUT2D eigenvalue weighted by atomic mass is 35.5. The minimum absolute atomic E-state index is 0.0842. The lowest BCUT2D eigenvalue weighted by atomic mass is 10.2. The second-order valence-electron chi connectivity index (χ2n) is 5.21. The van der Waals surface area contributed by atoms with Crippen molar-refractivity contribution in [2.75, 3.05) is 26.2 Å². The molecule has 1 heterocycles. The zero-order valence-electron chi connectivity index (χ0n) is 12.4. The third-order valence-corrected chi connectivity index (χ3v) is 3.80. The molecule has 22 heavy (non-hydrogen) atoms. The largest absolute Gasteiger partial charge is 0.384 e. The Hall–Kier alpha value is -1.85. The molecule has 1 unspecified atom stereocenters. The SMILES string of the molecule is CC(O)C(=O)N1CCN(C(=O)/C=C/c2ccc(Cl)cc2)CC1. The first-order chi connectivity index (χ1) is 10.5. The molecule has 5 nitrogen and oxygen atoms in total. The van der Waals surface area contributed by atoms with Crippen molar-refractivity contribution in [3.05, 3.63) is 40.9 Å². The van der Waals surface area contributed by atoms with Gasteiger partial charge in [0.15, 0.2) is 0 Å². The first-order valence-corrected chi connectivity index (χ1v) is 7.54. The number of amides is 2. The van der Waals surface area contributed by atoms with Crippen LogP contribution in [0.2, 0.25) is 5.02 Å². The number of carbonyl (C=O) groups is 2. The molecule has 1 atom stereocenters. The van der Waals surface area contributed by atoms with Crippen molar-refractivity contribution in [3.8, 4) is 0 Å². The normalized spacial score (nSPS) is 16.9. The lowest BCUT2D eigenvalue weighted by molar-refractivity contribution is -0.143. The standard InChI is InChI=1S/C16H19ClN2O3/c1-12(20)16(22)19-10-8-18(9-11-19)15(21)7-4-13-2-5-14(17)6-3-13/h2-7,12,20H,8-11H2,1H3/b7-4+. The Labute approximate surface area is 134 Å². The summed E-state index contributed by atoms with van der Waals surface area (Å²) in [7, 11) is 0. The number of hydrogen-bond acceptors (Lipinski definition) is 3. The molecule has 2 rings (SSSR count). The van der Waals surface area contributed by atoms with Crippen LogP contribution < -0.4 is 0 Å². The van der Waals surface area contributed by atoms with E-state index >= 15 is 0 Å². The van der Waals surface area contributed by atoms with Crippen LogP contribution in [0.4, 0.5) is 0 Å². The van der Waals surface area contributed by atoms with Gasteiger partial charge in [-0.15, -0.1) is 0 Å². The van der Waals surface area contributed by atoms with E-state index in [0.717, 1.165) is 5.56 Å². The van der Waals surface area contributed by atoms with E-state index in [1.54, 1.807) is 28.0 Å². The van der Waals surface area contributed by atoms with Gasteiger partial charge in [0.2, 0.25) is 5.91 Å². The third-order valence-electron chi connectivity index (χ3n) is 3.55. The van der Waals surface area contributed by atoms with E-state index in [-0.39, 0.29) is 11.8 Å². The molecule has 1 aliphatic heterocycles. The van der Waals surface area contributed by atoms with E-state index in [1.807, 2.05) is 12.1 Å². The van der Waals surface area contributed by atoms with Crippen LogP contribution in [0, 0.1) is 0 Å². The van der Waals surface area contributed by atoms with Crippen molar-refractivity contribution in [2.45, 2.75) is 13.0 Å². The molecule has 0 saturated carbocycles. The average molecular weight is 323 g/mol. The molecule has 1 saturated heterocycles. The maximum Gasteiger partial charge on any atom is 0.251 e. The van der Waals surface area contributed by atoms with Gasteiger partial charge >= 0.3 is 0 Å². The van der Waals surface area contributed by atoms with Crippen LogP contribution >= 0.6 is 11.6 Å². The van der Waals surface area contributed by atoms with Gasteiger partial charge in [-0.2, -0.15) is 0 Å². The van der Waals surface area contributed by atoms with E-state index in [4.69, 9.17) is 11.6 Å². The molecule has 1 N–H and O–H groups in total. The lowest BCUT2D eigenvalue weighted by Crippen LogP contribution is -2.52. The predicted octanol–water partition coefficient (Wildman–Crippen LogP) is 1.40. The monoisotopic (exact) mass is 322 g/mol. The van der Waals surface area contributed by atoms with Gasteiger partial charge < -0.3 is 14.9 Å². The minimum Gasteiger partial charge on any atom is -0.384 e. The van der Waals surface area contributed by atoms with Gasteiger partial charge in [0.05, 0.1) is 0 Å². The highest BCUT2D eigenvalue weighted by molar-refractivity contribution is 6.30. The van der Waals surface area contributed by atoms with Gasteiger partial charge in [-0.25, -0.2) is 0 Å². The first kappa shape index (κ1) is 16.5. The molecule has 0 aliphatic carbocycles. The Morgan fingerprint density at radius 1 is 1.14 bits per heavy atom. The molecule has 2 amide bonds. The number of halogens is 1. The van der Waals surface area contributed by atoms with Crippen LogP contribution in [0.15, 0.2) is 30.3 Å². The molecule has 118 valence electrons. The number of nitrogens with zero attached hydrogens (tertiary/aromatic N) is 2. The fourth-order valence-electron chi connectivity index (χ4n) is 2.26. The summed E-state index contributed by atoms with van der Waals surface area (Å²) in [6.45, 7) is 3.30. The van der Waals surface area contributed by atoms with Crippen molar-refractivity contribution in [2.24, 2.45) is 0 Å². The molecular formula is C16H19ClN2O3. The van der Waals surface area contributed by atoms with Crippen LogP contribution in [-0.2, 0) is 9.59 Å². The number of aliphatic hydroxyl groups excluding tert-OH is 1. The second kappa shape index (κ2) is 7.42. The summed E-state index contributed by atoms with van der Waals surface area (Å²) < 4.78 is 0. The lowest BCUT2D eigenvalue weighted by Gasteiger charge is -2.34. The maximum atomic E-state index is 12.1. The summed E-state index contributed by atoms with van der Waals surface area (Å²) in [5.74, 6) is -0.372. The van der Waals surface area contributed by atoms with Crippen molar-refractivity contribution in [3.63, 3.8) is 0 Å².